The van der Waals surface area contributed by atoms with Gasteiger partial charge in [-0.15, -0.1) is 0 Å². The summed E-state index contributed by atoms with van der Waals surface area (Å²) in [5.74, 6) is 0.525. The lowest BCUT2D eigenvalue weighted by Crippen LogP contribution is -2.35. The van der Waals surface area contributed by atoms with Crippen LogP contribution >= 0.6 is 0 Å². The van der Waals surface area contributed by atoms with Crippen LogP contribution in [0.3, 0.4) is 0 Å². The maximum Gasteiger partial charge on any atom is 0.255 e. The second-order valence-electron chi connectivity index (χ2n) is 5.60. The van der Waals surface area contributed by atoms with Crippen LogP contribution in [-0.4, -0.2) is 49.8 Å². The predicted octanol–water partition coefficient (Wildman–Crippen LogP) is 3.56. The molecule has 0 heterocycles. The highest BCUT2D eigenvalue weighted by molar-refractivity contribution is 5.94. The smallest absolute Gasteiger partial charge is 0.255 e. The minimum atomic E-state index is -2.53. The van der Waals surface area contributed by atoms with Gasteiger partial charge in [0, 0.05) is 18.5 Å². The minimum Gasteiger partial charge on any atom is -0.493 e. The zero-order valence-corrected chi connectivity index (χ0v) is 14.9. The quantitative estimate of drug-likeness (QED) is 0.449. The van der Waals surface area contributed by atoms with Gasteiger partial charge in [0.1, 0.15) is 0 Å². The van der Waals surface area contributed by atoms with Crippen LogP contribution in [0.1, 0.15) is 43.5 Å². The Morgan fingerprint density at radius 1 is 1.24 bits per heavy atom. The number of Topliss-reactive ketones (excluding diaryl/α,β-unsaturated/α-hetero) is 1. The van der Waals surface area contributed by atoms with Crippen molar-refractivity contribution in [3.05, 3.63) is 23.8 Å². The Hall–Kier alpha value is -2.18. The number of amides is 1. The van der Waals surface area contributed by atoms with E-state index >= 15 is 0 Å². The van der Waals surface area contributed by atoms with Crippen LogP contribution in [0.15, 0.2) is 18.2 Å². The number of benzene rings is 1. The summed E-state index contributed by atoms with van der Waals surface area (Å²) in [4.78, 5) is 24.5. The maximum absolute atomic E-state index is 12.5. The van der Waals surface area contributed by atoms with Gasteiger partial charge in [-0.05, 0) is 38.0 Å². The number of halogens is 2. The lowest BCUT2D eigenvalue weighted by molar-refractivity contribution is -0.133. The van der Waals surface area contributed by atoms with E-state index in [4.69, 9.17) is 9.47 Å². The van der Waals surface area contributed by atoms with Crippen LogP contribution in [0, 0.1) is 0 Å². The number of alkyl halides is 2. The molecule has 25 heavy (non-hydrogen) atoms. The molecule has 0 spiro atoms. The van der Waals surface area contributed by atoms with E-state index < -0.39 is 13.0 Å². The zero-order valence-electron chi connectivity index (χ0n) is 14.9. The Bertz CT molecular complexity index is 578. The van der Waals surface area contributed by atoms with Crippen LogP contribution in [-0.2, 0) is 4.79 Å². The fraction of sp³-hybridized carbons (Fsp3) is 0.556. The van der Waals surface area contributed by atoms with Gasteiger partial charge in [0.05, 0.1) is 20.3 Å². The second kappa shape index (κ2) is 10.6. The number of hydrogen-bond donors (Lipinski definition) is 0. The summed E-state index contributed by atoms with van der Waals surface area (Å²) in [6, 6.07) is 4.86. The number of ketones is 1. The van der Waals surface area contributed by atoms with Gasteiger partial charge in [0.25, 0.3) is 6.43 Å². The number of carbonyl (C=O) groups excluding carboxylic acids is 2. The molecular weight excluding hydrogens is 332 g/mol. The molecule has 0 N–H and O–H groups in total. The van der Waals surface area contributed by atoms with E-state index in [2.05, 4.69) is 0 Å². The molecule has 0 aliphatic heterocycles. The standard InChI is InChI=1S/C18H25F2NO4/c1-4-9-21(12-17(19)20)18(23)6-5-10-25-15-8-7-14(13(2)22)11-16(15)24-3/h7-8,11,17H,4-6,9-10,12H2,1-3H3. The van der Waals surface area contributed by atoms with E-state index in [1.54, 1.807) is 18.2 Å². The monoisotopic (exact) mass is 357 g/mol. The molecule has 1 amide bonds. The van der Waals surface area contributed by atoms with Crippen molar-refractivity contribution in [3.8, 4) is 11.5 Å². The molecule has 0 aromatic heterocycles. The third kappa shape index (κ3) is 7.07. The van der Waals surface area contributed by atoms with Crippen molar-refractivity contribution in [2.24, 2.45) is 0 Å². The highest BCUT2D eigenvalue weighted by Gasteiger charge is 2.17. The Kier molecular flexibility index (Phi) is 8.88. The van der Waals surface area contributed by atoms with E-state index in [0.29, 0.717) is 36.4 Å². The van der Waals surface area contributed by atoms with Crippen LogP contribution in [0.5, 0.6) is 11.5 Å². The largest absolute Gasteiger partial charge is 0.493 e. The summed E-state index contributed by atoms with van der Waals surface area (Å²) in [5.41, 5.74) is 0.515. The van der Waals surface area contributed by atoms with Gasteiger partial charge in [-0.2, -0.15) is 0 Å². The van der Waals surface area contributed by atoms with Crippen molar-refractivity contribution in [1.29, 1.82) is 0 Å². The number of ether oxygens (including phenoxy) is 2. The first-order valence-electron chi connectivity index (χ1n) is 8.26. The van der Waals surface area contributed by atoms with Gasteiger partial charge in [-0.1, -0.05) is 6.92 Å². The molecule has 0 unspecified atom stereocenters. The Morgan fingerprint density at radius 2 is 1.96 bits per heavy atom. The van der Waals surface area contributed by atoms with E-state index in [0.717, 1.165) is 0 Å². The number of nitrogens with zero attached hydrogens (tertiary/aromatic N) is 1. The van der Waals surface area contributed by atoms with E-state index in [1.807, 2.05) is 6.92 Å². The predicted molar refractivity (Wildman–Crippen MR) is 90.6 cm³/mol. The van der Waals surface area contributed by atoms with Crippen LogP contribution in [0.25, 0.3) is 0 Å². The summed E-state index contributed by atoms with van der Waals surface area (Å²) in [6.45, 7) is 3.34. The SMILES string of the molecule is CCCN(CC(F)F)C(=O)CCCOc1ccc(C(C)=O)cc1OC. The molecule has 7 heteroatoms. The highest BCUT2D eigenvalue weighted by Crippen LogP contribution is 2.28. The van der Waals surface area contributed by atoms with Crippen molar-refractivity contribution in [3.63, 3.8) is 0 Å². The van der Waals surface area contributed by atoms with Crippen LogP contribution in [0.4, 0.5) is 8.78 Å². The molecule has 0 saturated heterocycles. The van der Waals surface area contributed by atoms with Crippen molar-refractivity contribution < 1.29 is 27.8 Å². The minimum absolute atomic E-state index is 0.0782. The fourth-order valence-electron chi connectivity index (χ4n) is 2.32. The molecule has 5 nitrogen and oxygen atoms in total. The molecular formula is C18H25F2NO4. The maximum atomic E-state index is 12.5. The van der Waals surface area contributed by atoms with Crippen LogP contribution < -0.4 is 9.47 Å². The Balaban J connectivity index is 2.51. The number of methoxy groups -OCH3 is 1. The molecule has 0 fully saturated rings. The van der Waals surface area contributed by atoms with Gasteiger partial charge in [0.15, 0.2) is 17.3 Å². The van der Waals surface area contributed by atoms with E-state index in [-0.39, 0.29) is 24.7 Å². The summed E-state index contributed by atoms with van der Waals surface area (Å²) >= 11 is 0. The molecule has 0 aliphatic rings. The Morgan fingerprint density at radius 3 is 2.52 bits per heavy atom. The second-order valence-corrected chi connectivity index (χ2v) is 5.60. The van der Waals surface area contributed by atoms with Gasteiger partial charge < -0.3 is 14.4 Å². The van der Waals surface area contributed by atoms with Crippen molar-refractivity contribution in [1.82, 2.24) is 4.90 Å². The molecule has 0 atom stereocenters. The van der Waals surface area contributed by atoms with E-state index in [1.165, 1.54) is 18.9 Å². The summed E-state index contributed by atoms with van der Waals surface area (Å²) < 4.78 is 35.8. The molecule has 1 aromatic carbocycles. The average Bonchev–Trinajstić information content (AvgIpc) is 2.57. The lowest BCUT2D eigenvalue weighted by atomic mass is 10.1. The first-order chi connectivity index (χ1) is 11.9. The zero-order chi connectivity index (χ0) is 18.8. The molecule has 140 valence electrons. The van der Waals surface area contributed by atoms with Gasteiger partial charge in [-0.3, -0.25) is 9.59 Å². The number of carbonyl (C=O) groups is 2. The number of rotatable bonds is 11. The third-order valence-corrected chi connectivity index (χ3v) is 3.57. The molecule has 0 radical (unpaired) electrons. The highest BCUT2D eigenvalue weighted by atomic mass is 19.3. The van der Waals surface area contributed by atoms with Crippen molar-refractivity contribution >= 4 is 11.7 Å². The fourth-order valence-corrected chi connectivity index (χ4v) is 2.32. The normalized spacial score (nSPS) is 10.6. The third-order valence-electron chi connectivity index (χ3n) is 3.57. The van der Waals surface area contributed by atoms with Gasteiger partial charge >= 0.3 is 0 Å². The van der Waals surface area contributed by atoms with Crippen molar-refractivity contribution in [2.75, 3.05) is 26.8 Å². The average molecular weight is 357 g/mol. The molecule has 0 saturated carbocycles. The van der Waals surface area contributed by atoms with Crippen molar-refractivity contribution in [2.45, 2.75) is 39.5 Å². The molecule has 0 aliphatic carbocycles. The van der Waals surface area contributed by atoms with E-state index in [9.17, 15) is 18.4 Å². The summed E-state index contributed by atoms with van der Waals surface area (Å²) in [5, 5.41) is 0. The van der Waals surface area contributed by atoms with Crippen LogP contribution in [0.2, 0.25) is 0 Å². The van der Waals surface area contributed by atoms with Gasteiger partial charge in [0.2, 0.25) is 5.91 Å². The summed E-state index contributed by atoms with van der Waals surface area (Å²) in [6.07, 6.45) is -1.36. The first-order valence-corrected chi connectivity index (χ1v) is 8.26. The lowest BCUT2D eigenvalue weighted by Gasteiger charge is -2.21. The number of hydrogen-bond acceptors (Lipinski definition) is 4. The molecule has 1 rings (SSSR count). The molecule has 0 bridgehead atoms. The first kappa shape index (κ1) is 20.9. The topological polar surface area (TPSA) is 55.8 Å². The molecule has 1 aromatic rings. The van der Waals surface area contributed by atoms with Gasteiger partial charge in [-0.25, -0.2) is 8.78 Å². The Labute approximate surface area is 146 Å². The summed E-state index contributed by atoms with van der Waals surface area (Å²) in [7, 11) is 1.47.